The molecule has 0 spiro atoms. The highest BCUT2D eigenvalue weighted by atomic mass is 19.4. The number of carboxylic acids is 1. The number of benzene rings is 2. The molecule has 2 heterocycles. The van der Waals surface area contributed by atoms with Crippen molar-refractivity contribution < 1.29 is 46.4 Å². The van der Waals surface area contributed by atoms with Gasteiger partial charge < -0.3 is 29.0 Å². The fourth-order valence-corrected chi connectivity index (χ4v) is 5.09. The zero-order valence-electron chi connectivity index (χ0n) is 27.8. The number of alkyl halides is 4. The SMILES string of the molecule is COc1cc(CN(Cc2cc(CF)cc(C(F)(F)F)c2)c2ncc(OCCCC(=O)O)cn2)c(-c2nc(C(C)C)ccc2OC)cc1OC. The number of halogens is 4. The Hall–Kier alpha value is -5.14. The van der Waals surface area contributed by atoms with Crippen molar-refractivity contribution >= 4 is 11.9 Å². The van der Waals surface area contributed by atoms with Gasteiger partial charge in [-0.25, -0.2) is 19.3 Å². The first-order valence-electron chi connectivity index (χ1n) is 15.3. The maximum absolute atomic E-state index is 13.8. The Morgan fingerprint density at radius 3 is 2.14 bits per heavy atom. The highest BCUT2D eigenvalue weighted by Gasteiger charge is 2.31. The predicted molar refractivity (Wildman–Crippen MR) is 174 cm³/mol. The topological polar surface area (TPSA) is 116 Å². The van der Waals surface area contributed by atoms with Crippen LogP contribution in [-0.4, -0.2) is 54.0 Å². The van der Waals surface area contributed by atoms with Crippen LogP contribution in [0.5, 0.6) is 23.0 Å². The van der Waals surface area contributed by atoms with Crippen molar-refractivity contribution in [2.24, 2.45) is 0 Å². The van der Waals surface area contributed by atoms with Gasteiger partial charge in [0.1, 0.15) is 18.1 Å². The van der Waals surface area contributed by atoms with Gasteiger partial charge in [-0.2, -0.15) is 13.2 Å². The lowest BCUT2D eigenvalue weighted by atomic mass is 9.99. The zero-order chi connectivity index (χ0) is 35.7. The first kappa shape index (κ1) is 36.7. The van der Waals surface area contributed by atoms with Crippen molar-refractivity contribution in [3.63, 3.8) is 0 Å². The zero-order valence-corrected chi connectivity index (χ0v) is 27.8. The summed E-state index contributed by atoms with van der Waals surface area (Å²) < 4.78 is 77.7. The van der Waals surface area contributed by atoms with E-state index >= 15 is 0 Å². The number of rotatable bonds is 16. The average Bonchev–Trinajstić information content (AvgIpc) is 3.08. The molecule has 262 valence electrons. The van der Waals surface area contributed by atoms with Gasteiger partial charge in [0.15, 0.2) is 17.2 Å². The fraction of sp³-hybridized carbons (Fsp3) is 0.371. The summed E-state index contributed by atoms with van der Waals surface area (Å²) in [7, 11) is 4.51. The number of aliphatic carboxylic acids is 1. The molecule has 0 amide bonds. The lowest BCUT2D eigenvalue weighted by Crippen LogP contribution is -2.25. The molecule has 49 heavy (non-hydrogen) atoms. The summed E-state index contributed by atoms with van der Waals surface area (Å²) in [4.78, 5) is 26.2. The molecule has 0 radical (unpaired) electrons. The van der Waals surface area contributed by atoms with E-state index in [0.717, 1.165) is 17.8 Å². The van der Waals surface area contributed by atoms with Gasteiger partial charge in [0.2, 0.25) is 5.95 Å². The standard InChI is InChI=1S/C35H38F4N4O6/c1-21(2)28-8-9-29(46-3)33(42-28)27-15-31(48-5)30(47-4)14-24(27)20-43(19-23-11-22(16-36)12-25(13-23)35(37,38)39)34-40-17-26(18-41-34)49-10-6-7-32(44)45/h8-9,11-15,17-18,21H,6-7,10,16,19-20H2,1-5H3,(H,44,45). The molecule has 14 heteroatoms. The Bertz CT molecular complexity index is 1730. The summed E-state index contributed by atoms with van der Waals surface area (Å²) in [6.45, 7) is 2.94. The first-order chi connectivity index (χ1) is 23.4. The first-order valence-corrected chi connectivity index (χ1v) is 15.3. The summed E-state index contributed by atoms with van der Waals surface area (Å²) in [5.41, 5.74) is 1.62. The number of hydrogen-bond acceptors (Lipinski definition) is 9. The normalized spacial score (nSPS) is 11.4. The highest BCUT2D eigenvalue weighted by molar-refractivity contribution is 5.74. The largest absolute Gasteiger partial charge is 0.494 e. The lowest BCUT2D eigenvalue weighted by molar-refractivity contribution is -0.138. The second-order valence-electron chi connectivity index (χ2n) is 11.4. The smallest absolute Gasteiger partial charge is 0.416 e. The minimum absolute atomic E-state index is 0.0342. The maximum atomic E-state index is 13.8. The molecule has 0 fully saturated rings. The Labute approximate surface area is 281 Å². The van der Waals surface area contributed by atoms with Crippen LogP contribution in [0.2, 0.25) is 0 Å². The number of carboxylic acid groups (broad SMARTS) is 1. The summed E-state index contributed by atoms with van der Waals surface area (Å²) in [6, 6.07) is 10.3. The van der Waals surface area contributed by atoms with Crippen LogP contribution in [0.4, 0.5) is 23.5 Å². The minimum Gasteiger partial charge on any atom is -0.494 e. The highest BCUT2D eigenvalue weighted by Crippen LogP contribution is 2.40. The molecule has 2 aromatic heterocycles. The molecular formula is C35H38F4N4O6. The van der Waals surface area contributed by atoms with Gasteiger partial charge in [0.25, 0.3) is 0 Å². The average molecular weight is 687 g/mol. The van der Waals surface area contributed by atoms with Crippen LogP contribution in [0.1, 0.15) is 60.6 Å². The Morgan fingerprint density at radius 1 is 0.898 bits per heavy atom. The van der Waals surface area contributed by atoms with Gasteiger partial charge >= 0.3 is 12.1 Å². The molecule has 0 saturated heterocycles. The van der Waals surface area contributed by atoms with Crippen LogP contribution in [-0.2, 0) is 30.7 Å². The molecule has 4 aromatic rings. The third-order valence-corrected chi connectivity index (χ3v) is 7.53. The van der Waals surface area contributed by atoms with Crippen LogP contribution < -0.4 is 23.8 Å². The number of aromatic nitrogens is 3. The van der Waals surface area contributed by atoms with E-state index in [9.17, 15) is 22.4 Å². The van der Waals surface area contributed by atoms with Crippen molar-refractivity contribution in [1.29, 1.82) is 0 Å². The van der Waals surface area contributed by atoms with E-state index < -0.39 is 24.4 Å². The quantitative estimate of drug-likeness (QED) is 0.0932. The molecule has 0 aliphatic rings. The third kappa shape index (κ3) is 9.48. The number of nitrogens with zero attached hydrogens (tertiary/aromatic N) is 4. The third-order valence-electron chi connectivity index (χ3n) is 7.53. The van der Waals surface area contributed by atoms with Crippen molar-refractivity contribution in [2.45, 2.75) is 58.5 Å². The van der Waals surface area contributed by atoms with Crippen LogP contribution in [0.3, 0.4) is 0 Å². The second-order valence-corrected chi connectivity index (χ2v) is 11.4. The number of pyridine rings is 1. The van der Waals surface area contributed by atoms with E-state index in [0.29, 0.717) is 34.1 Å². The van der Waals surface area contributed by atoms with E-state index in [4.69, 9.17) is 29.0 Å². The van der Waals surface area contributed by atoms with Crippen molar-refractivity contribution in [3.8, 4) is 34.3 Å². The number of anilines is 1. The van der Waals surface area contributed by atoms with Crippen molar-refractivity contribution in [3.05, 3.63) is 82.8 Å². The predicted octanol–water partition coefficient (Wildman–Crippen LogP) is 7.63. The van der Waals surface area contributed by atoms with E-state index in [1.165, 1.54) is 39.8 Å². The van der Waals surface area contributed by atoms with E-state index in [1.807, 2.05) is 26.0 Å². The Balaban J connectivity index is 1.84. The van der Waals surface area contributed by atoms with E-state index in [1.54, 1.807) is 17.0 Å². The van der Waals surface area contributed by atoms with Gasteiger partial charge in [0.05, 0.1) is 45.9 Å². The molecule has 1 N–H and O–H groups in total. The number of methoxy groups -OCH3 is 3. The van der Waals surface area contributed by atoms with Gasteiger partial charge in [-0.1, -0.05) is 19.9 Å². The van der Waals surface area contributed by atoms with E-state index in [-0.39, 0.29) is 61.3 Å². The van der Waals surface area contributed by atoms with Crippen molar-refractivity contribution in [1.82, 2.24) is 15.0 Å². The van der Waals surface area contributed by atoms with Crippen molar-refractivity contribution in [2.75, 3.05) is 32.8 Å². The second kappa shape index (κ2) is 16.3. The molecule has 0 atom stereocenters. The molecule has 2 aromatic carbocycles. The molecule has 0 unspecified atom stereocenters. The molecule has 0 aliphatic carbocycles. The molecule has 0 aliphatic heterocycles. The number of carbonyl (C=O) groups is 1. The summed E-state index contributed by atoms with van der Waals surface area (Å²) in [5.74, 6) is 0.842. The van der Waals surface area contributed by atoms with Gasteiger partial charge in [0, 0.05) is 30.8 Å². The molecule has 4 rings (SSSR count). The number of hydrogen-bond donors (Lipinski definition) is 1. The fourth-order valence-electron chi connectivity index (χ4n) is 5.09. The molecule has 10 nitrogen and oxygen atoms in total. The number of ether oxygens (including phenoxy) is 4. The Kier molecular flexibility index (Phi) is 12.2. The molecular weight excluding hydrogens is 648 g/mol. The minimum atomic E-state index is -4.69. The van der Waals surface area contributed by atoms with Gasteiger partial charge in [-0.05, 0) is 65.4 Å². The van der Waals surface area contributed by atoms with Crippen LogP contribution in [0, 0.1) is 0 Å². The maximum Gasteiger partial charge on any atom is 0.416 e. The van der Waals surface area contributed by atoms with Gasteiger partial charge in [-0.3, -0.25) is 4.79 Å². The van der Waals surface area contributed by atoms with Gasteiger partial charge in [-0.15, -0.1) is 0 Å². The molecule has 0 bridgehead atoms. The summed E-state index contributed by atoms with van der Waals surface area (Å²) in [6.07, 6.45) is -1.71. The van der Waals surface area contributed by atoms with Crippen LogP contribution in [0.25, 0.3) is 11.3 Å². The van der Waals surface area contributed by atoms with Crippen LogP contribution in [0.15, 0.2) is 54.9 Å². The monoisotopic (exact) mass is 686 g/mol. The van der Waals surface area contributed by atoms with Crippen LogP contribution >= 0.6 is 0 Å². The Morgan fingerprint density at radius 2 is 1.55 bits per heavy atom. The molecule has 0 saturated carbocycles. The van der Waals surface area contributed by atoms with E-state index in [2.05, 4.69) is 9.97 Å². The summed E-state index contributed by atoms with van der Waals surface area (Å²) in [5, 5.41) is 8.87. The summed E-state index contributed by atoms with van der Waals surface area (Å²) >= 11 is 0. The lowest BCUT2D eigenvalue weighted by Gasteiger charge is -2.26.